The Morgan fingerprint density at radius 2 is 1.38 bits per heavy atom. The molecule has 0 aromatic rings. The molecule has 0 spiro atoms. The summed E-state index contributed by atoms with van der Waals surface area (Å²) in [5.74, 6) is 0. The zero-order valence-corrected chi connectivity index (χ0v) is 8.94. The highest BCUT2D eigenvalue weighted by Crippen LogP contribution is 2.47. The second-order valence-electron chi connectivity index (χ2n) is 1.78. The van der Waals surface area contributed by atoms with Gasteiger partial charge in [-0.15, -0.1) is 23.3 Å². The van der Waals surface area contributed by atoms with Crippen LogP contribution in [0.3, 0.4) is 0 Å². The molecule has 54 valence electrons. The molecule has 0 amide bonds. The quantitative estimate of drug-likeness (QED) is 0.373. The summed E-state index contributed by atoms with van der Waals surface area (Å²) in [6.45, 7) is 2.22. The molecule has 0 heterocycles. The molecule has 0 saturated carbocycles. The summed E-state index contributed by atoms with van der Waals surface area (Å²) < 4.78 is 0.728. The predicted octanol–water partition coefficient (Wildman–Crippen LogP) is 2.28. The zero-order chi connectivity index (χ0) is 6.73. The Hall–Kier alpha value is 1.40. The van der Waals surface area contributed by atoms with Gasteiger partial charge in [0.05, 0.1) is 0 Å². The van der Waals surface area contributed by atoms with Gasteiger partial charge in [-0.1, -0.05) is 0 Å². The van der Waals surface area contributed by atoms with Crippen molar-refractivity contribution in [2.24, 2.45) is 0 Å². The van der Waals surface area contributed by atoms with Crippen LogP contribution < -0.4 is 0 Å². The van der Waals surface area contributed by atoms with E-state index in [1.165, 1.54) is 0 Å². The minimum atomic E-state index is -0.0543. The van der Waals surface area contributed by atoms with Crippen LogP contribution in [0.15, 0.2) is 0 Å². The van der Waals surface area contributed by atoms with Crippen LogP contribution in [-0.4, -0.2) is 17.1 Å². The van der Waals surface area contributed by atoms with Gasteiger partial charge in [-0.25, -0.2) is 0 Å². The van der Waals surface area contributed by atoms with E-state index < -0.39 is 0 Å². The second-order valence-corrected chi connectivity index (χ2v) is 9.82. The van der Waals surface area contributed by atoms with E-state index in [-0.39, 0.29) is 19.9 Å². The summed E-state index contributed by atoms with van der Waals surface area (Å²) in [6, 6.07) is 0. The molecule has 0 aromatic heterocycles. The zero-order valence-electron chi connectivity index (χ0n) is 5.37. The Balaban J connectivity index is 3.46. The summed E-state index contributed by atoms with van der Waals surface area (Å²) in [5, 5.41) is 0. The molecule has 0 aromatic carbocycles. The van der Waals surface area contributed by atoms with Crippen molar-refractivity contribution in [3.63, 3.8) is 0 Å². The monoisotopic (exact) mass is 190 g/mol. The lowest BCUT2D eigenvalue weighted by molar-refractivity contribution is 1.42. The van der Waals surface area contributed by atoms with Crippen molar-refractivity contribution in [1.82, 2.24) is 0 Å². The molecule has 0 saturated heterocycles. The third-order valence-electron chi connectivity index (χ3n) is 1.08. The van der Waals surface area contributed by atoms with Gasteiger partial charge in [-0.2, -0.15) is 19.9 Å². The standard InChI is InChI=1S/C4H14S4/c1-4(7(2)5)8(3)6/h4-8H,1-3H3. The Kier molecular flexibility index (Phi) is 5.00. The number of hydrogen-bond acceptors (Lipinski definition) is 2. The molecular formula is C4H14S4. The number of hydrogen-bond donors (Lipinski definition) is 4. The van der Waals surface area contributed by atoms with E-state index in [1.807, 2.05) is 0 Å². The van der Waals surface area contributed by atoms with Gasteiger partial charge in [-0.05, 0) is 19.4 Å². The first-order valence-corrected chi connectivity index (χ1v) is 8.41. The first-order chi connectivity index (χ1) is 3.55. The summed E-state index contributed by atoms with van der Waals surface area (Å²) in [4.78, 5) is 0. The van der Waals surface area contributed by atoms with Gasteiger partial charge >= 0.3 is 0 Å². The molecule has 0 nitrogen and oxygen atoms in total. The van der Waals surface area contributed by atoms with Crippen LogP contribution in [0.2, 0.25) is 0 Å². The maximum Gasteiger partial charge on any atom is 0.0269 e. The van der Waals surface area contributed by atoms with Gasteiger partial charge in [0.15, 0.2) is 0 Å². The third kappa shape index (κ3) is 3.43. The van der Waals surface area contributed by atoms with Gasteiger partial charge in [-0.3, -0.25) is 0 Å². The van der Waals surface area contributed by atoms with Crippen LogP contribution in [0.4, 0.5) is 0 Å². The van der Waals surface area contributed by atoms with Crippen LogP contribution in [0.1, 0.15) is 6.92 Å². The normalized spacial score (nSPS) is 26.6. The molecule has 0 fully saturated rings. The highest BCUT2D eigenvalue weighted by molar-refractivity contribution is 8.87. The lowest BCUT2D eigenvalue weighted by Crippen LogP contribution is -1.93. The molecule has 2 atom stereocenters. The lowest BCUT2D eigenvalue weighted by Gasteiger charge is -2.23. The SMILES string of the molecule is CC([SH](C)S)[SH](C)S. The fourth-order valence-corrected chi connectivity index (χ4v) is 5.70. The molecule has 0 rings (SSSR count). The molecule has 0 aliphatic carbocycles. The smallest absolute Gasteiger partial charge is 0.0269 e. The van der Waals surface area contributed by atoms with Crippen molar-refractivity contribution in [1.29, 1.82) is 0 Å². The average molecular weight is 190 g/mol. The third-order valence-corrected chi connectivity index (χ3v) is 8.49. The van der Waals surface area contributed by atoms with E-state index in [4.69, 9.17) is 0 Å². The first kappa shape index (κ1) is 9.40. The van der Waals surface area contributed by atoms with E-state index in [1.54, 1.807) is 0 Å². The lowest BCUT2D eigenvalue weighted by atomic mass is 11.0. The number of rotatable bonds is 2. The van der Waals surface area contributed by atoms with Gasteiger partial charge in [0.1, 0.15) is 0 Å². The molecule has 0 radical (unpaired) electrons. The van der Waals surface area contributed by atoms with Gasteiger partial charge < -0.3 is 0 Å². The van der Waals surface area contributed by atoms with Crippen molar-refractivity contribution in [2.45, 2.75) is 11.5 Å². The van der Waals surface area contributed by atoms with Gasteiger partial charge in [0, 0.05) is 4.58 Å². The van der Waals surface area contributed by atoms with Crippen molar-refractivity contribution >= 4 is 43.2 Å². The minimum absolute atomic E-state index is 0.0543. The second kappa shape index (κ2) is 4.25. The van der Waals surface area contributed by atoms with E-state index in [0.29, 0.717) is 0 Å². The largest absolute Gasteiger partial charge is 0.200 e. The Bertz CT molecular complexity index is 53.1. The predicted molar refractivity (Wildman–Crippen MR) is 57.3 cm³/mol. The highest BCUT2D eigenvalue weighted by atomic mass is 33.1. The average Bonchev–Trinajstić information content (AvgIpc) is 1.64. The molecule has 0 aliphatic rings. The Labute approximate surface area is 67.1 Å². The van der Waals surface area contributed by atoms with Crippen molar-refractivity contribution in [3.05, 3.63) is 0 Å². The van der Waals surface area contributed by atoms with Crippen LogP contribution >= 0.6 is 43.2 Å². The summed E-state index contributed by atoms with van der Waals surface area (Å²) in [7, 11) is -0.109. The highest BCUT2D eigenvalue weighted by Gasteiger charge is 2.05. The van der Waals surface area contributed by atoms with E-state index in [0.717, 1.165) is 4.58 Å². The molecule has 2 unspecified atom stereocenters. The maximum atomic E-state index is 4.36. The van der Waals surface area contributed by atoms with Gasteiger partial charge in [0.25, 0.3) is 0 Å². The van der Waals surface area contributed by atoms with Crippen molar-refractivity contribution < 1.29 is 0 Å². The number of thiol groups is 4. The van der Waals surface area contributed by atoms with Crippen molar-refractivity contribution in [3.8, 4) is 0 Å². The minimum Gasteiger partial charge on any atom is -0.200 e. The first-order valence-electron chi connectivity index (χ1n) is 2.39. The topological polar surface area (TPSA) is 0 Å². The molecule has 0 bridgehead atoms. The Morgan fingerprint density at radius 1 is 1.12 bits per heavy atom. The van der Waals surface area contributed by atoms with Crippen LogP contribution in [0.25, 0.3) is 0 Å². The summed E-state index contributed by atoms with van der Waals surface area (Å²) >= 11 is 8.73. The maximum absolute atomic E-state index is 4.36. The molecule has 0 aliphatic heterocycles. The van der Waals surface area contributed by atoms with E-state index in [2.05, 4.69) is 42.8 Å². The van der Waals surface area contributed by atoms with E-state index >= 15 is 0 Å². The molecular weight excluding hydrogens is 176 g/mol. The van der Waals surface area contributed by atoms with E-state index in [9.17, 15) is 0 Å². The van der Waals surface area contributed by atoms with Gasteiger partial charge in [0.2, 0.25) is 0 Å². The summed E-state index contributed by atoms with van der Waals surface area (Å²) in [5.41, 5.74) is 0. The van der Waals surface area contributed by atoms with Crippen LogP contribution in [-0.2, 0) is 0 Å². The molecule has 0 N–H and O–H groups in total. The fraction of sp³-hybridized carbons (Fsp3) is 1.00. The molecule has 8 heavy (non-hydrogen) atoms. The fourth-order valence-electron chi connectivity index (χ4n) is 0.242. The summed E-state index contributed by atoms with van der Waals surface area (Å²) in [6.07, 6.45) is 4.36. The van der Waals surface area contributed by atoms with Crippen molar-refractivity contribution in [2.75, 3.05) is 12.5 Å². The van der Waals surface area contributed by atoms with Crippen LogP contribution in [0.5, 0.6) is 0 Å². The van der Waals surface area contributed by atoms with Crippen LogP contribution in [0, 0.1) is 0 Å². The Morgan fingerprint density at radius 3 is 1.38 bits per heavy atom. The molecule has 4 heteroatoms.